The summed E-state index contributed by atoms with van der Waals surface area (Å²) in [7, 11) is 0. The molecule has 1 saturated heterocycles. The highest BCUT2D eigenvalue weighted by atomic mass is 16.5. The van der Waals surface area contributed by atoms with E-state index in [1.807, 2.05) is 6.92 Å². The van der Waals surface area contributed by atoms with Crippen LogP contribution in [0.15, 0.2) is 0 Å². The molecule has 2 atom stereocenters. The molecule has 0 saturated carbocycles. The first-order valence-corrected chi connectivity index (χ1v) is 2.68. The fourth-order valence-corrected chi connectivity index (χ4v) is 0.669. The van der Waals surface area contributed by atoms with Crippen molar-refractivity contribution in [2.75, 3.05) is 6.61 Å². The van der Waals surface area contributed by atoms with Crippen molar-refractivity contribution in [3.63, 3.8) is 0 Å². The molecule has 7 heavy (non-hydrogen) atoms. The van der Waals surface area contributed by atoms with Crippen LogP contribution in [0.5, 0.6) is 0 Å². The Labute approximate surface area is 43.6 Å². The highest BCUT2D eigenvalue weighted by molar-refractivity contribution is 4.74. The molecule has 0 bridgehead atoms. The SMILES string of the molecule is CC(N)C1CCO1. The number of hydrogen-bond donors (Lipinski definition) is 1. The summed E-state index contributed by atoms with van der Waals surface area (Å²) >= 11 is 0. The summed E-state index contributed by atoms with van der Waals surface area (Å²) in [6.45, 7) is 2.88. The van der Waals surface area contributed by atoms with Crippen molar-refractivity contribution >= 4 is 0 Å². The average molecular weight is 101 g/mol. The van der Waals surface area contributed by atoms with E-state index in [9.17, 15) is 0 Å². The van der Waals surface area contributed by atoms with Gasteiger partial charge in [-0.05, 0) is 13.3 Å². The summed E-state index contributed by atoms with van der Waals surface area (Å²) in [5.74, 6) is 0. The zero-order valence-electron chi connectivity index (χ0n) is 4.55. The van der Waals surface area contributed by atoms with Gasteiger partial charge in [-0.25, -0.2) is 0 Å². The molecule has 2 N–H and O–H groups in total. The third kappa shape index (κ3) is 0.924. The molecular formula is C5H11NO. The maximum absolute atomic E-state index is 5.47. The van der Waals surface area contributed by atoms with Crippen molar-refractivity contribution in [1.82, 2.24) is 0 Å². The fraction of sp³-hybridized carbons (Fsp3) is 1.00. The Morgan fingerprint density at radius 1 is 1.86 bits per heavy atom. The minimum atomic E-state index is 0.230. The van der Waals surface area contributed by atoms with E-state index < -0.39 is 0 Å². The van der Waals surface area contributed by atoms with Gasteiger partial charge in [0.2, 0.25) is 0 Å². The Bertz CT molecular complexity index is 59.1. The molecule has 0 amide bonds. The van der Waals surface area contributed by atoms with Gasteiger partial charge < -0.3 is 10.5 Å². The smallest absolute Gasteiger partial charge is 0.0745 e. The second kappa shape index (κ2) is 1.80. The molecule has 0 aromatic rings. The Hall–Kier alpha value is -0.0800. The van der Waals surface area contributed by atoms with E-state index in [1.54, 1.807) is 0 Å². The van der Waals surface area contributed by atoms with E-state index in [2.05, 4.69) is 0 Å². The third-order valence-electron chi connectivity index (χ3n) is 1.32. The molecular weight excluding hydrogens is 90.1 g/mol. The van der Waals surface area contributed by atoms with Crippen LogP contribution in [0.2, 0.25) is 0 Å². The number of rotatable bonds is 1. The lowest BCUT2D eigenvalue weighted by Gasteiger charge is -2.29. The summed E-state index contributed by atoms with van der Waals surface area (Å²) < 4.78 is 5.07. The molecule has 42 valence electrons. The Balaban J connectivity index is 2.14. The quantitative estimate of drug-likeness (QED) is 0.509. The van der Waals surface area contributed by atoms with Crippen LogP contribution in [0.25, 0.3) is 0 Å². The lowest BCUT2D eigenvalue weighted by molar-refractivity contribution is -0.0611. The van der Waals surface area contributed by atoms with Gasteiger partial charge in [-0.3, -0.25) is 0 Å². The van der Waals surface area contributed by atoms with Crippen LogP contribution in [0.4, 0.5) is 0 Å². The van der Waals surface area contributed by atoms with Crippen LogP contribution in [-0.2, 0) is 4.74 Å². The molecule has 1 heterocycles. The van der Waals surface area contributed by atoms with Crippen molar-refractivity contribution in [2.45, 2.75) is 25.5 Å². The molecule has 2 unspecified atom stereocenters. The summed E-state index contributed by atoms with van der Waals surface area (Å²) in [6.07, 6.45) is 1.51. The van der Waals surface area contributed by atoms with Gasteiger partial charge in [0.25, 0.3) is 0 Å². The van der Waals surface area contributed by atoms with Crippen molar-refractivity contribution in [2.24, 2.45) is 5.73 Å². The van der Waals surface area contributed by atoms with E-state index in [0.29, 0.717) is 6.10 Å². The van der Waals surface area contributed by atoms with Gasteiger partial charge in [0.15, 0.2) is 0 Å². The van der Waals surface area contributed by atoms with Gasteiger partial charge in [-0.2, -0.15) is 0 Å². The Morgan fingerprint density at radius 3 is 2.43 bits per heavy atom. The van der Waals surface area contributed by atoms with Crippen molar-refractivity contribution in [3.05, 3.63) is 0 Å². The molecule has 1 fully saturated rings. The molecule has 2 heteroatoms. The number of nitrogens with two attached hydrogens (primary N) is 1. The van der Waals surface area contributed by atoms with E-state index >= 15 is 0 Å². The summed E-state index contributed by atoms with van der Waals surface area (Å²) in [6, 6.07) is 0.230. The van der Waals surface area contributed by atoms with E-state index in [1.165, 1.54) is 0 Å². The number of ether oxygens (including phenoxy) is 1. The van der Waals surface area contributed by atoms with Crippen LogP contribution in [0, 0.1) is 0 Å². The second-order valence-electron chi connectivity index (χ2n) is 2.06. The van der Waals surface area contributed by atoms with Crippen LogP contribution >= 0.6 is 0 Å². The number of hydrogen-bond acceptors (Lipinski definition) is 2. The minimum absolute atomic E-state index is 0.230. The lowest BCUT2D eigenvalue weighted by atomic mass is 10.1. The lowest BCUT2D eigenvalue weighted by Crippen LogP contribution is -2.41. The van der Waals surface area contributed by atoms with Gasteiger partial charge >= 0.3 is 0 Å². The van der Waals surface area contributed by atoms with Gasteiger partial charge in [-0.1, -0.05) is 0 Å². The van der Waals surface area contributed by atoms with E-state index in [4.69, 9.17) is 10.5 Å². The van der Waals surface area contributed by atoms with E-state index in [0.717, 1.165) is 13.0 Å². The molecule has 1 aliphatic rings. The topological polar surface area (TPSA) is 35.2 Å². The van der Waals surface area contributed by atoms with Gasteiger partial charge in [-0.15, -0.1) is 0 Å². The zero-order valence-corrected chi connectivity index (χ0v) is 4.55. The molecule has 2 nitrogen and oxygen atoms in total. The third-order valence-corrected chi connectivity index (χ3v) is 1.32. The van der Waals surface area contributed by atoms with Crippen LogP contribution < -0.4 is 5.73 Å². The summed E-state index contributed by atoms with van der Waals surface area (Å²) in [5.41, 5.74) is 5.47. The van der Waals surface area contributed by atoms with Crippen LogP contribution in [0.3, 0.4) is 0 Å². The Morgan fingerprint density at radius 2 is 2.43 bits per heavy atom. The van der Waals surface area contributed by atoms with Crippen LogP contribution in [0.1, 0.15) is 13.3 Å². The maximum Gasteiger partial charge on any atom is 0.0745 e. The molecule has 0 spiro atoms. The molecule has 1 aliphatic heterocycles. The fourth-order valence-electron chi connectivity index (χ4n) is 0.669. The second-order valence-corrected chi connectivity index (χ2v) is 2.06. The molecule has 0 aliphatic carbocycles. The normalized spacial score (nSPS) is 34.3. The zero-order chi connectivity index (χ0) is 5.28. The summed E-state index contributed by atoms with van der Waals surface area (Å²) in [4.78, 5) is 0. The first kappa shape index (κ1) is 5.06. The monoisotopic (exact) mass is 101 g/mol. The largest absolute Gasteiger partial charge is 0.376 e. The van der Waals surface area contributed by atoms with Gasteiger partial charge in [0.05, 0.1) is 6.10 Å². The minimum Gasteiger partial charge on any atom is -0.376 e. The predicted molar refractivity (Wildman–Crippen MR) is 28.0 cm³/mol. The van der Waals surface area contributed by atoms with Crippen molar-refractivity contribution in [3.8, 4) is 0 Å². The van der Waals surface area contributed by atoms with Crippen molar-refractivity contribution in [1.29, 1.82) is 0 Å². The first-order chi connectivity index (χ1) is 3.30. The molecule has 1 rings (SSSR count). The standard InChI is InChI=1S/C5H11NO/c1-4(6)5-2-3-7-5/h4-5H,2-3,6H2,1H3. The maximum atomic E-state index is 5.47. The highest BCUT2D eigenvalue weighted by Crippen LogP contribution is 2.12. The Kier molecular flexibility index (Phi) is 1.30. The first-order valence-electron chi connectivity index (χ1n) is 2.68. The molecule has 0 aromatic heterocycles. The van der Waals surface area contributed by atoms with Gasteiger partial charge in [0, 0.05) is 12.6 Å². The van der Waals surface area contributed by atoms with Gasteiger partial charge in [0.1, 0.15) is 0 Å². The molecule has 0 radical (unpaired) electrons. The average Bonchev–Trinajstić information content (AvgIpc) is 1.23. The highest BCUT2D eigenvalue weighted by Gasteiger charge is 2.21. The summed E-state index contributed by atoms with van der Waals surface area (Å²) in [5, 5.41) is 0. The predicted octanol–water partition coefficient (Wildman–Crippen LogP) is 0.122. The van der Waals surface area contributed by atoms with Crippen molar-refractivity contribution < 1.29 is 4.74 Å². The van der Waals surface area contributed by atoms with E-state index in [-0.39, 0.29) is 6.04 Å². The van der Waals surface area contributed by atoms with Crippen LogP contribution in [-0.4, -0.2) is 18.8 Å². The molecule has 0 aromatic carbocycles.